The van der Waals surface area contributed by atoms with Gasteiger partial charge in [0.25, 0.3) is 0 Å². The van der Waals surface area contributed by atoms with Gasteiger partial charge in [-0.2, -0.15) is 13.2 Å². The maximum absolute atomic E-state index is 15.0. The number of aliphatic hydroxyl groups excluding tert-OH is 1. The molecule has 214 valence electrons. The van der Waals surface area contributed by atoms with Crippen LogP contribution in [0.5, 0.6) is 0 Å². The summed E-state index contributed by atoms with van der Waals surface area (Å²) in [5.41, 5.74) is 2.57. The summed E-state index contributed by atoms with van der Waals surface area (Å²) in [7, 11) is 0. The summed E-state index contributed by atoms with van der Waals surface area (Å²) >= 11 is 0. The highest BCUT2D eigenvalue weighted by molar-refractivity contribution is 5.74. The van der Waals surface area contributed by atoms with Crippen LogP contribution in [0.25, 0.3) is 11.5 Å². The van der Waals surface area contributed by atoms with Crippen molar-refractivity contribution in [3.63, 3.8) is 0 Å². The Balaban J connectivity index is 1.47. The number of halogens is 4. The number of hydrogen-bond donors (Lipinski definition) is 1. The van der Waals surface area contributed by atoms with Crippen molar-refractivity contribution in [1.29, 1.82) is 0 Å². The Morgan fingerprint density at radius 1 is 1.23 bits per heavy atom. The molecule has 0 unspecified atom stereocenters. The zero-order chi connectivity index (χ0) is 29.2. The van der Waals surface area contributed by atoms with Crippen LogP contribution in [0.4, 0.5) is 17.6 Å². The predicted molar refractivity (Wildman–Crippen MR) is 146 cm³/mol. The normalized spacial score (nSPS) is 17.6. The van der Waals surface area contributed by atoms with Gasteiger partial charge in [-0.05, 0) is 76.5 Å². The first-order valence-corrected chi connectivity index (χ1v) is 13.3. The molecule has 0 atom stereocenters. The van der Waals surface area contributed by atoms with Crippen molar-refractivity contribution in [1.82, 2.24) is 14.5 Å². The van der Waals surface area contributed by atoms with Gasteiger partial charge in [-0.25, -0.2) is 14.4 Å². The number of aliphatic hydroxyl groups is 1. The van der Waals surface area contributed by atoms with E-state index >= 15 is 0 Å². The van der Waals surface area contributed by atoms with Crippen molar-refractivity contribution in [2.75, 3.05) is 0 Å². The average Bonchev–Trinajstić information content (AvgIpc) is 3.83. The largest absolute Gasteiger partial charge is 0.508 e. The lowest BCUT2D eigenvalue weighted by Crippen LogP contribution is -2.05. The minimum Gasteiger partial charge on any atom is -0.508 e. The molecule has 2 heterocycles. The van der Waals surface area contributed by atoms with E-state index in [4.69, 9.17) is 4.74 Å². The van der Waals surface area contributed by atoms with E-state index in [-0.39, 0.29) is 29.9 Å². The number of ether oxygens (including phenoxy) is 1. The third-order valence-corrected chi connectivity index (χ3v) is 7.10. The van der Waals surface area contributed by atoms with E-state index in [0.29, 0.717) is 41.4 Å². The maximum atomic E-state index is 15.0. The summed E-state index contributed by atoms with van der Waals surface area (Å²) in [5.74, 6) is 0.0379. The van der Waals surface area contributed by atoms with Crippen molar-refractivity contribution >= 4 is 6.21 Å². The Kier molecular flexibility index (Phi) is 8.65. The Labute approximate surface area is 231 Å². The number of rotatable bonds is 11. The van der Waals surface area contributed by atoms with E-state index in [0.717, 1.165) is 36.6 Å². The van der Waals surface area contributed by atoms with Crippen LogP contribution in [0, 0.1) is 11.7 Å². The fraction of sp³-hybridized carbons (Fsp3) is 0.433. The molecule has 0 saturated heterocycles. The molecule has 0 aromatic carbocycles. The lowest BCUT2D eigenvalue weighted by atomic mass is 9.97. The van der Waals surface area contributed by atoms with Crippen LogP contribution in [-0.4, -0.2) is 25.9 Å². The van der Waals surface area contributed by atoms with Crippen molar-refractivity contribution in [3.05, 3.63) is 82.1 Å². The standard InChI is InChI=1S/C30H34F4N4O2/c1-6-17(2)27(26(20(5)39)19(4)22-7-8-22)35-12-11-18(3)40-16-21-13-24(31)28(36-14-21)29-37-25(30(32,33)34)15-38(29)23-9-10-23/h11-15,22-23,39H,5-10,16H2,1-4H3/b18-11+,26-19-,27-17?,35-12?. The molecule has 0 amide bonds. The van der Waals surface area contributed by atoms with Crippen molar-refractivity contribution in [2.24, 2.45) is 10.9 Å². The smallest absolute Gasteiger partial charge is 0.434 e. The number of alkyl halides is 3. The van der Waals surface area contributed by atoms with E-state index in [1.165, 1.54) is 16.8 Å². The molecule has 0 spiro atoms. The molecule has 40 heavy (non-hydrogen) atoms. The first-order valence-electron chi connectivity index (χ1n) is 13.3. The summed E-state index contributed by atoms with van der Waals surface area (Å²) in [4.78, 5) is 12.3. The molecule has 6 nitrogen and oxygen atoms in total. The topological polar surface area (TPSA) is 72.5 Å². The Morgan fingerprint density at radius 2 is 1.93 bits per heavy atom. The van der Waals surface area contributed by atoms with Gasteiger partial charge in [-0.3, -0.25) is 4.99 Å². The number of aromatic nitrogens is 3. The second kappa shape index (κ2) is 11.8. The highest BCUT2D eigenvalue weighted by Crippen LogP contribution is 2.42. The summed E-state index contributed by atoms with van der Waals surface area (Å²) in [6.45, 7) is 11.5. The summed E-state index contributed by atoms with van der Waals surface area (Å²) in [6, 6.07) is 1.06. The van der Waals surface area contributed by atoms with Gasteiger partial charge in [-0.15, -0.1) is 0 Å². The second-order valence-electron chi connectivity index (χ2n) is 10.4. The van der Waals surface area contributed by atoms with E-state index in [1.54, 1.807) is 19.2 Å². The molecule has 2 aromatic heterocycles. The second-order valence-corrected chi connectivity index (χ2v) is 10.4. The molecule has 0 aliphatic heterocycles. The van der Waals surface area contributed by atoms with Crippen LogP contribution in [-0.2, 0) is 17.5 Å². The molecule has 2 saturated carbocycles. The van der Waals surface area contributed by atoms with Crippen LogP contribution in [0.3, 0.4) is 0 Å². The molecular formula is C30H34F4N4O2. The van der Waals surface area contributed by atoms with Gasteiger partial charge >= 0.3 is 6.18 Å². The molecule has 4 rings (SSSR count). The molecule has 1 N–H and O–H groups in total. The SMILES string of the molecule is C=C(O)/C(C(N=C/C=C(\C)OCc1cnc(-c2nc(C(F)(F)F)cn2C2CC2)c(F)c1)=C(C)CC)=C(\C)C1CC1. The third kappa shape index (κ3) is 6.89. The Hall–Kier alpha value is -3.69. The molecule has 10 heteroatoms. The van der Waals surface area contributed by atoms with Gasteiger partial charge in [-0.1, -0.05) is 19.1 Å². The monoisotopic (exact) mass is 558 g/mol. The Bertz CT molecular complexity index is 1410. The highest BCUT2D eigenvalue weighted by Gasteiger charge is 2.38. The molecule has 0 radical (unpaired) electrons. The van der Waals surface area contributed by atoms with Gasteiger partial charge in [0.1, 0.15) is 18.1 Å². The van der Waals surface area contributed by atoms with Crippen LogP contribution >= 0.6 is 0 Å². The number of aliphatic imine (C=N–C) groups is 1. The number of pyridine rings is 1. The maximum Gasteiger partial charge on any atom is 0.434 e. The molecule has 0 bridgehead atoms. The summed E-state index contributed by atoms with van der Waals surface area (Å²) < 4.78 is 61.7. The molecule has 2 aliphatic rings. The third-order valence-electron chi connectivity index (χ3n) is 7.10. The predicted octanol–water partition coefficient (Wildman–Crippen LogP) is 8.41. The van der Waals surface area contributed by atoms with E-state index in [2.05, 4.69) is 21.5 Å². The van der Waals surface area contributed by atoms with Gasteiger partial charge in [0, 0.05) is 35.8 Å². The summed E-state index contributed by atoms with van der Waals surface area (Å²) in [5, 5.41) is 10.3. The fourth-order valence-corrected chi connectivity index (χ4v) is 4.35. The first-order chi connectivity index (χ1) is 18.9. The minimum atomic E-state index is -4.63. The number of nitrogens with zero attached hydrogens (tertiary/aromatic N) is 4. The van der Waals surface area contributed by atoms with Crippen LogP contribution in [0.2, 0.25) is 0 Å². The van der Waals surface area contributed by atoms with Crippen molar-refractivity contribution in [2.45, 2.75) is 78.6 Å². The highest BCUT2D eigenvalue weighted by atomic mass is 19.4. The first kappa shape index (κ1) is 29.3. The molecule has 2 fully saturated rings. The Morgan fingerprint density at radius 3 is 2.48 bits per heavy atom. The van der Waals surface area contributed by atoms with E-state index in [9.17, 15) is 22.7 Å². The average molecular weight is 559 g/mol. The van der Waals surface area contributed by atoms with Crippen LogP contribution < -0.4 is 0 Å². The van der Waals surface area contributed by atoms with Gasteiger partial charge in [0.05, 0.1) is 11.5 Å². The minimum absolute atomic E-state index is 0.00130. The zero-order valence-corrected chi connectivity index (χ0v) is 23.1. The molecule has 2 aliphatic carbocycles. The number of hydrogen-bond acceptors (Lipinski definition) is 5. The van der Waals surface area contributed by atoms with Crippen LogP contribution in [0.1, 0.15) is 77.1 Å². The van der Waals surface area contributed by atoms with Gasteiger partial charge in [0.2, 0.25) is 0 Å². The quantitative estimate of drug-likeness (QED) is 0.130. The van der Waals surface area contributed by atoms with E-state index < -0.39 is 17.7 Å². The molecule has 2 aromatic rings. The summed E-state index contributed by atoms with van der Waals surface area (Å²) in [6.07, 6.45) is 5.28. The lowest BCUT2D eigenvalue weighted by Gasteiger charge is -2.14. The van der Waals surface area contributed by atoms with Crippen molar-refractivity contribution in [3.8, 4) is 11.5 Å². The van der Waals surface area contributed by atoms with Crippen molar-refractivity contribution < 1.29 is 27.4 Å². The van der Waals surface area contributed by atoms with Crippen LogP contribution in [0.15, 0.2) is 70.0 Å². The fourth-order valence-electron chi connectivity index (χ4n) is 4.35. The number of imidazole rings is 1. The van der Waals surface area contributed by atoms with E-state index in [1.807, 2.05) is 20.8 Å². The van der Waals surface area contributed by atoms with Gasteiger partial charge in [0.15, 0.2) is 17.3 Å². The lowest BCUT2D eigenvalue weighted by molar-refractivity contribution is -0.140. The van der Waals surface area contributed by atoms with Gasteiger partial charge < -0.3 is 14.4 Å². The molecular weight excluding hydrogens is 524 g/mol. The number of allylic oxidation sites excluding steroid dienone is 4. The zero-order valence-electron chi connectivity index (χ0n) is 23.1.